The minimum absolute atomic E-state index is 0.0438. The lowest BCUT2D eigenvalue weighted by Crippen LogP contribution is -2.40. The fourth-order valence-electron chi connectivity index (χ4n) is 4.29. The summed E-state index contributed by atoms with van der Waals surface area (Å²) in [4.78, 5) is 39.1. The summed E-state index contributed by atoms with van der Waals surface area (Å²) in [6, 6.07) is 5.22. The molecule has 1 aliphatic heterocycles. The van der Waals surface area contributed by atoms with Crippen molar-refractivity contribution in [2.75, 3.05) is 11.4 Å². The number of ether oxygens (including phenoxy) is 1. The van der Waals surface area contributed by atoms with Crippen LogP contribution in [0.15, 0.2) is 42.9 Å². The molecule has 2 atom stereocenters. The van der Waals surface area contributed by atoms with Crippen LogP contribution in [0.4, 0.5) is 23.7 Å². The molecule has 1 saturated heterocycles. The SMILES string of the molecule is O=C1CN(c2cccc(C(F)(F)F)c2)C(=O)N1[C@H]1CC[C@H](Oc2ncnc3[nH]ccc23)C1. The van der Waals surface area contributed by atoms with Crippen LogP contribution in [0.5, 0.6) is 5.88 Å². The summed E-state index contributed by atoms with van der Waals surface area (Å²) in [7, 11) is 0. The summed E-state index contributed by atoms with van der Waals surface area (Å²) in [5.74, 6) is -0.0142. The summed E-state index contributed by atoms with van der Waals surface area (Å²) >= 11 is 0. The van der Waals surface area contributed by atoms with Crippen molar-refractivity contribution in [1.29, 1.82) is 0 Å². The molecule has 3 amide bonds. The summed E-state index contributed by atoms with van der Waals surface area (Å²) in [5.41, 5.74) is -0.183. The molecule has 0 spiro atoms. The number of amides is 3. The van der Waals surface area contributed by atoms with Gasteiger partial charge in [0.15, 0.2) is 0 Å². The molecule has 1 saturated carbocycles. The highest BCUT2D eigenvalue weighted by Crippen LogP contribution is 2.35. The van der Waals surface area contributed by atoms with Crippen LogP contribution in [0.2, 0.25) is 0 Å². The van der Waals surface area contributed by atoms with Crippen LogP contribution in [0.1, 0.15) is 24.8 Å². The topological polar surface area (TPSA) is 91.4 Å². The molecule has 2 fully saturated rings. The monoisotopic (exact) mass is 445 g/mol. The van der Waals surface area contributed by atoms with E-state index in [0.717, 1.165) is 27.3 Å². The number of carbonyl (C=O) groups excluding carboxylic acids is 2. The molecule has 8 nitrogen and oxygen atoms in total. The molecule has 11 heteroatoms. The van der Waals surface area contributed by atoms with Crippen molar-refractivity contribution in [2.24, 2.45) is 0 Å². The average molecular weight is 445 g/mol. The first-order valence-corrected chi connectivity index (χ1v) is 10.1. The van der Waals surface area contributed by atoms with Gasteiger partial charge in [0, 0.05) is 24.3 Å². The minimum atomic E-state index is -4.54. The molecule has 166 valence electrons. The highest BCUT2D eigenvalue weighted by molar-refractivity contribution is 6.12. The van der Waals surface area contributed by atoms with Crippen LogP contribution >= 0.6 is 0 Å². The minimum Gasteiger partial charge on any atom is -0.474 e. The predicted molar refractivity (Wildman–Crippen MR) is 107 cm³/mol. The average Bonchev–Trinajstić information content (AvgIpc) is 3.47. The van der Waals surface area contributed by atoms with Crippen molar-refractivity contribution < 1.29 is 27.5 Å². The number of halogens is 3. The smallest absolute Gasteiger partial charge is 0.416 e. The number of benzene rings is 1. The van der Waals surface area contributed by atoms with Crippen molar-refractivity contribution in [3.63, 3.8) is 0 Å². The van der Waals surface area contributed by atoms with Crippen LogP contribution < -0.4 is 9.64 Å². The molecule has 0 bridgehead atoms. The second-order valence-electron chi connectivity index (χ2n) is 7.81. The lowest BCUT2D eigenvalue weighted by atomic mass is 10.2. The van der Waals surface area contributed by atoms with E-state index >= 15 is 0 Å². The molecule has 3 aromatic rings. The molecule has 2 aliphatic rings. The number of hydrogen-bond acceptors (Lipinski definition) is 5. The van der Waals surface area contributed by atoms with Crippen molar-refractivity contribution in [2.45, 2.75) is 37.6 Å². The Kier molecular flexibility index (Phi) is 4.75. The molecule has 1 aromatic carbocycles. The van der Waals surface area contributed by atoms with E-state index in [1.54, 1.807) is 12.3 Å². The van der Waals surface area contributed by atoms with Gasteiger partial charge in [0.2, 0.25) is 5.88 Å². The van der Waals surface area contributed by atoms with Gasteiger partial charge in [-0.15, -0.1) is 0 Å². The number of hydrogen-bond donors (Lipinski definition) is 1. The van der Waals surface area contributed by atoms with Gasteiger partial charge in [-0.05, 0) is 37.1 Å². The Morgan fingerprint density at radius 1 is 1.12 bits per heavy atom. The molecule has 2 aromatic heterocycles. The molecule has 5 rings (SSSR count). The number of imide groups is 1. The maximum Gasteiger partial charge on any atom is 0.416 e. The van der Waals surface area contributed by atoms with Gasteiger partial charge < -0.3 is 9.72 Å². The molecule has 0 radical (unpaired) electrons. The Bertz CT molecular complexity index is 1190. The Labute approximate surface area is 180 Å². The molecule has 3 heterocycles. The number of rotatable bonds is 4. The van der Waals surface area contributed by atoms with Gasteiger partial charge in [0.1, 0.15) is 24.6 Å². The van der Waals surface area contributed by atoms with Gasteiger partial charge >= 0.3 is 12.2 Å². The first-order valence-electron chi connectivity index (χ1n) is 10.1. The largest absolute Gasteiger partial charge is 0.474 e. The third kappa shape index (κ3) is 3.53. The van der Waals surface area contributed by atoms with E-state index in [2.05, 4.69) is 15.0 Å². The molecular formula is C21H18F3N5O3. The third-order valence-corrected chi connectivity index (χ3v) is 5.80. The van der Waals surface area contributed by atoms with E-state index in [4.69, 9.17) is 4.74 Å². The van der Waals surface area contributed by atoms with Crippen LogP contribution in [0.25, 0.3) is 11.0 Å². The first kappa shape index (κ1) is 20.3. The lowest BCUT2D eigenvalue weighted by Gasteiger charge is -2.23. The van der Waals surface area contributed by atoms with E-state index in [9.17, 15) is 22.8 Å². The van der Waals surface area contributed by atoms with Gasteiger partial charge in [-0.2, -0.15) is 13.2 Å². The highest BCUT2D eigenvalue weighted by Gasteiger charge is 2.44. The van der Waals surface area contributed by atoms with E-state index in [0.29, 0.717) is 30.8 Å². The lowest BCUT2D eigenvalue weighted by molar-refractivity contribution is -0.137. The summed E-state index contributed by atoms with van der Waals surface area (Å²) in [6.45, 7) is -0.294. The maximum absolute atomic E-state index is 13.0. The Hall–Kier alpha value is -3.63. The maximum atomic E-state index is 13.0. The zero-order valence-electron chi connectivity index (χ0n) is 16.7. The van der Waals surface area contributed by atoms with Crippen molar-refractivity contribution in [3.8, 4) is 5.88 Å². The first-order chi connectivity index (χ1) is 15.3. The molecule has 32 heavy (non-hydrogen) atoms. The number of carbonyl (C=O) groups is 2. The Morgan fingerprint density at radius 3 is 2.78 bits per heavy atom. The number of aromatic nitrogens is 3. The number of fused-ring (bicyclic) bond motifs is 1. The Balaban J connectivity index is 1.30. The van der Waals surface area contributed by atoms with Crippen LogP contribution in [0, 0.1) is 0 Å². The highest BCUT2D eigenvalue weighted by atomic mass is 19.4. The standard InChI is InChI=1S/C21H18F3N5O3/c22-21(23,24)12-2-1-3-13(8-12)28-10-17(30)29(20(28)31)14-4-5-15(9-14)32-19-16-6-7-25-18(16)26-11-27-19/h1-3,6-8,11,14-15H,4-5,9-10H2,(H,25,26,27)/t14-,15-/m0/s1. The number of H-pyrrole nitrogens is 1. The molecule has 1 N–H and O–H groups in total. The normalized spacial score (nSPS) is 21.7. The fraction of sp³-hybridized carbons (Fsp3) is 0.333. The number of anilines is 1. The zero-order chi connectivity index (χ0) is 22.5. The quantitative estimate of drug-likeness (QED) is 0.618. The van der Waals surface area contributed by atoms with Crippen LogP contribution in [-0.2, 0) is 11.0 Å². The van der Waals surface area contributed by atoms with Gasteiger partial charge in [-0.3, -0.25) is 14.6 Å². The van der Waals surface area contributed by atoms with E-state index < -0.39 is 23.7 Å². The number of aromatic amines is 1. The number of nitrogens with one attached hydrogen (secondary N) is 1. The predicted octanol–water partition coefficient (Wildman–Crippen LogP) is 3.75. The molecule has 1 aliphatic carbocycles. The van der Waals surface area contributed by atoms with Crippen LogP contribution in [-0.4, -0.2) is 50.5 Å². The molecule has 0 unspecified atom stereocenters. The number of urea groups is 1. The third-order valence-electron chi connectivity index (χ3n) is 5.80. The second-order valence-corrected chi connectivity index (χ2v) is 7.81. The van der Waals surface area contributed by atoms with Crippen molar-refractivity contribution in [3.05, 3.63) is 48.4 Å². The van der Waals surface area contributed by atoms with Gasteiger partial charge in [-0.1, -0.05) is 6.07 Å². The van der Waals surface area contributed by atoms with E-state index in [-0.39, 0.29) is 24.4 Å². The van der Waals surface area contributed by atoms with E-state index in [1.807, 2.05) is 0 Å². The van der Waals surface area contributed by atoms with E-state index in [1.165, 1.54) is 18.5 Å². The Morgan fingerprint density at radius 2 is 1.97 bits per heavy atom. The summed E-state index contributed by atoms with van der Waals surface area (Å²) in [5, 5.41) is 0.736. The summed E-state index contributed by atoms with van der Waals surface area (Å²) in [6.07, 6.45) is -0.0968. The van der Waals surface area contributed by atoms with Crippen molar-refractivity contribution in [1.82, 2.24) is 19.9 Å². The zero-order valence-corrected chi connectivity index (χ0v) is 16.7. The number of nitrogens with zero attached hydrogens (tertiary/aromatic N) is 4. The molecular weight excluding hydrogens is 427 g/mol. The van der Waals surface area contributed by atoms with Gasteiger partial charge in [0.25, 0.3) is 5.91 Å². The van der Waals surface area contributed by atoms with Gasteiger partial charge in [0.05, 0.1) is 10.9 Å². The number of alkyl halides is 3. The van der Waals surface area contributed by atoms with Crippen molar-refractivity contribution >= 4 is 28.7 Å². The fourth-order valence-corrected chi connectivity index (χ4v) is 4.29. The van der Waals surface area contributed by atoms with Gasteiger partial charge in [-0.25, -0.2) is 14.8 Å². The summed E-state index contributed by atoms with van der Waals surface area (Å²) < 4.78 is 45.1. The second kappa shape index (κ2) is 7.50. The van der Waals surface area contributed by atoms with Crippen LogP contribution in [0.3, 0.4) is 0 Å².